The first kappa shape index (κ1) is 18.1. The van der Waals surface area contributed by atoms with Crippen molar-refractivity contribution in [1.82, 2.24) is 10.2 Å². The van der Waals surface area contributed by atoms with Gasteiger partial charge in [-0.1, -0.05) is 12.1 Å². The number of likely N-dealkylation sites (tertiary alicyclic amines) is 1. The summed E-state index contributed by atoms with van der Waals surface area (Å²) in [6.07, 6.45) is 2.95. The second-order valence-corrected chi connectivity index (χ2v) is 6.03. The van der Waals surface area contributed by atoms with Crippen molar-refractivity contribution in [2.45, 2.75) is 26.2 Å². The molecule has 0 bridgehead atoms. The van der Waals surface area contributed by atoms with E-state index >= 15 is 0 Å². The van der Waals surface area contributed by atoms with Crippen molar-refractivity contribution in [3.8, 4) is 11.5 Å². The van der Waals surface area contributed by atoms with Gasteiger partial charge in [0.15, 0.2) is 18.1 Å². The van der Waals surface area contributed by atoms with Crippen LogP contribution in [-0.4, -0.2) is 50.1 Å². The third-order valence-electron chi connectivity index (χ3n) is 4.36. The Kier molecular flexibility index (Phi) is 6.90. The van der Waals surface area contributed by atoms with E-state index < -0.39 is 0 Å². The van der Waals surface area contributed by atoms with Crippen molar-refractivity contribution in [2.75, 3.05) is 33.4 Å². The van der Waals surface area contributed by atoms with E-state index in [1.807, 2.05) is 17.0 Å². The zero-order valence-electron chi connectivity index (χ0n) is 14.4. The average molecular weight is 334 g/mol. The molecule has 1 N–H and O–H groups in total. The largest absolute Gasteiger partial charge is 0.493 e. The highest BCUT2D eigenvalue weighted by molar-refractivity contribution is 5.77. The number of nitrogens with zero attached hydrogens (tertiary/aromatic N) is 1. The lowest BCUT2D eigenvalue weighted by atomic mass is 9.93. The number of rotatable bonds is 7. The number of carbonyl (C=O) groups is 2. The Labute approximate surface area is 143 Å². The van der Waals surface area contributed by atoms with E-state index in [-0.39, 0.29) is 18.4 Å². The molecule has 1 aliphatic heterocycles. The summed E-state index contributed by atoms with van der Waals surface area (Å²) in [7, 11) is 1.57. The average Bonchev–Trinajstić information content (AvgIpc) is 2.60. The van der Waals surface area contributed by atoms with Crippen molar-refractivity contribution >= 4 is 11.8 Å². The standard InChI is InChI=1S/C18H26N2O4/c1-14(21)20-11-8-15(9-12-20)7-10-19-18(22)13-24-17-6-4-3-5-16(17)23-2/h3-6,15H,7-13H2,1-2H3,(H,19,22). The van der Waals surface area contributed by atoms with Crippen LogP contribution in [0.1, 0.15) is 26.2 Å². The normalized spacial score (nSPS) is 15.0. The maximum Gasteiger partial charge on any atom is 0.257 e. The molecule has 1 aromatic carbocycles. The molecular weight excluding hydrogens is 308 g/mol. The number of hydrogen-bond donors (Lipinski definition) is 1. The van der Waals surface area contributed by atoms with Crippen LogP contribution in [0, 0.1) is 5.92 Å². The van der Waals surface area contributed by atoms with Gasteiger partial charge in [-0.05, 0) is 37.3 Å². The van der Waals surface area contributed by atoms with E-state index in [9.17, 15) is 9.59 Å². The van der Waals surface area contributed by atoms with Gasteiger partial charge in [0.1, 0.15) is 0 Å². The summed E-state index contributed by atoms with van der Waals surface area (Å²) in [5.74, 6) is 1.75. The molecular formula is C18H26N2O4. The van der Waals surface area contributed by atoms with Crippen LogP contribution < -0.4 is 14.8 Å². The van der Waals surface area contributed by atoms with Crippen molar-refractivity contribution in [2.24, 2.45) is 5.92 Å². The molecule has 6 heteroatoms. The number of carbonyl (C=O) groups excluding carboxylic acids is 2. The van der Waals surface area contributed by atoms with Gasteiger partial charge in [-0.25, -0.2) is 0 Å². The van der Waals surface area contributed by atoms with Gasteiger partial charge in [0.05, 0.1) is 7.11 Å². The fraction of sp³-hybridized carbons (Fsp3) is 0.556. The molecule has 1 aliphatic rings. The van der Waals surface area contributed by atoms with Gasteiger partial charge in [0.25, 0.3) is 5.91 Å². The molecule has 2 amide bonds. The van der Waals surface area contributed by atoms with Crippen LogP contribution in [0.4, 0.5) is 0 Å². The van der Waals surface area contributed by atoms with E-state index in [1.54, 1.807) is 26.2 Å². The minimum atomic E-state index is -0.137. The predicted molar refractivity (Wildman–Crippen MR) is 91.1 cm³/mol. The Morgan fingerprint density at radius 1 is 1.21 bits per heavy atom. The number of amides is 2. The molecule has 1 saturated heterocycles. The number of hydrogen-bond acceptors (Lipinski definition) is 4. The summed E-state index contributed by atoms with van der Waals surface area (Å²) in [4.78, 5) is 25.0. The topological polar surface area (TPSA) is 67.9 Å². The first-order valence-corrected chi connectivity index (χ1v) is 8.38. The van der Waals surface area contributed by atoms with Crippen LogP contribution >= 0.6 is 0 Å². The Hall–Kier alpha value is -2.24. The molecule has 0 aromatic heterocycles. The van der Waals surface area contributed by atoms with E-state index in [0.717, 1.165) is 32.4 Å². The summed E-state index contributed by atoms with van der Waals surface area (Å²) in [5.41, 5.74) is 0. The number of nitrogens with one attached hydrogen (secondary N) is 1. The van der Waals surface area contributed by atoms with Gasteiger partial charge in [-0.2, -0.15) is 0 Å². The van der Waals surface area contributed by atoms with E-state index in [4.69, 9.17) is 9.47 Å². The SMILES string of the molecule is COc1ccccc1OCC(=O)NCCC1CCN(C(C)=O)CC1. The monoisotopic (exact) mass is 334 g/mol. The van der Waals surface area contributed by atoms with E-state index in [1.165, 1.54) is 0 Å². The summed E-state index contributed by atoms with van der Waals surface area (Å²) in [6, 6.07) is 7.25. The third kappa shape index (κ3) is 5.44. The van der Waals surface area contributed by atoms with Crippen molar-refractivity contribution in [1.29, 1.82) is 0 Å². The van der Waals surface area contributed by atoms with Gasteiger partial charge in [-0.3, -0.25) is 9.59 Å². The zero-order valence-corrected chi connectivity index (χ0v) is 14.4. The highest BCUT2D eigenvalue weighted by atomic mass is 16.5. The van der Waals surface area contributed by atoms with Crippen molar-refractivity contribution in [3.63, 3.8) is 0 Å². The smallest absolute Gasteiger partial charge is 0.257 e. The van der Waals surface area contributed by atoms with Crippen LogP contribution in [0.2, 0.25) is 0 Å². The number of piperidine rings is 1. The second kappa shape index (κ2) is 9.15. The van der Waals surface area contributed by atoms with Crippen molar-refractivity contribution in [3.05, 3.63) is 24.3 Å². The first-order valence-electron chi connectivity index (χ1n) is 8.38. The third-order valence-corrected chi connectivity index (χ3v) is 4.36. The first-order chi connectivity index (χ1) is 11.6. The maximum atomic E-state index is 11.9. The van der Waals surface area contributed by atoms with Gasteiger partial charge >= 0.3 is 0 Å². The van der Waals surface area contributed by atoms with Gasteiger partial charge in [0, 0.05) is 26.6 Å². The van der Waals surface area contributed by atoms with Crippen LogP contribution in [0.5, 0.6) is 11.5 Å². The zero-order chi connectivity index (χ0) is 17.4. The molecule has 1 heterocycles. The summed E-state index contributed by atoms with van der Waals surface area (Å²) in [6.45, 7) is 3.88. The predicted octanol–water partition coefficient (Wildman–Crippen LogP) is 1.84. The second-order valence-electron chi connectivity index (χ2n) is 6.03. The maximum absolute atomic E-state index is 11.9. The molecule has 0 saturated carbocycles. The molecule has 6 nitrogen and oxygen atoms in total. The highest BCUT2D eigenvalue weighted by Gasteiger charge is 2.20. The lowest BCUT2D eigenvalue weighted by Crippen LogP contribution is -2.38. The van der Waals surface area contributed by atoms with Gasteiger partial charge in [0.2, 0.25) is 5.91 Å². The fourth-order valence-corrected chi connectivity index (χ4v) is 2.88. The van der Waals surface area contributed by atoms with Crippen LogP contribution in [0.15, 0.2) is 24.3 Å². The van der Waals surface area contributed by atoms with Crippen LogP contribution in [-0.2, 0) is 9.59 Å². The van der Waals surface area contributed by atoms with Gasteiger partial charge < -0.3 is 19.7 Å². The lowest BCUT2D eigenvalue weighted by molar-refractivity contribution is -0.130. The van der Waals surface area contributed by atoms with Crippen molar-refractivity contribution < 1.29 is 19.1 Å². The molecule has 24 heavy (non-hydrogen) atoms. The summed E-state index contributed by atoms with van der Waals surface area (Å²) in [5, 5.41) is 2.89. The Bertz CT molecular complexity index is 554. The Balaban J connectivity index is 1.63. The molecule has 0 atom stereocenters. The van der Waals surface area contributed by atoms with E-state index in [2.05, 4.69) is 5.32 Å². The van der Waals surface area contributed by atoms with E-state index in [0.29, 0.717) is 24.0 Å². The molecule has 2 rings (SSSR count). The molecule has 1 fully saturated rings. The number of para-hydroxylation sites is 2. The minimum absolute atomic E-state index is 0.0246. The van der Waals surface area contributed by atoms with Crippen LogP contribution in [0.25, 0.3) is 0 Å². The number of ether oxygens (including phenoxy) is 2. The molecule has 0 radical (unpaired) electrons. The number of benzene rings is 1. The van der Waals surface area contributed by atoms with Gasteiger partial charge in [-0.15, -0.1) is 0 Å². The highest BCUT2D eigenvalue weighted by Crippen LogP contribution is 2.25. The molecule has 0 aliphatic carbocycles. The summed E-state index contributed by atoms with van der Waals surface area (Å²) < 4.78 is 10.7. The molecule has 0 unspecified atom stereocenters. The Morgan fingerprint density at radius 2 is 1.88 bits per heavy atom. The minimum Gasteiger partial charge on any atom is -0.493 e. The summed E-state index contributed by atoms with van der Waals surface area (Å²) >= 11 is 0. The molecule has 1 aromatic rings. The Morgan fingerprint density at radius 3 is 2.50 bits per heavy atom. The quantitative estimate of drug-likeness (QED) is 0.826. The van der Waals surface area contributed by atoms with Crippen LogP contribution in [0.3, 0.4) is 0 Å². The molecule has 132 valence electrons. The number of methoxy groups -OCH3 is 1. The molecule has 0 spiro atoms. The lowest BCUT2D eigenvalue weighted by Gasteiger charge is -2.31. The fourth-order valence-electron chi connectivity index (χ4n) is 2.88.